The number of amides is 2. The monoisotopic (exact) mass is 277 g/mol. The summed E-state index contributed by atoms with van der Waals surface area (Å²) in [6.45, 7) is 4.82. The predicted molar refractivity (Wildman–Crippen MR) is 81.8 cm³/mol. The molecule has 110 valence electrons. The summed E-state index contributed by atoms with van der Waals surface area (Å²) in [5.74, 6) is 1.04. The Bertz CT molecular complexity index is 459. The number of primary amides is 1. The lowest BCUT2D eigenvalue weighted by Crippen LogP contribution is -2.40. The third kappa shape index (κ3) is 5.69. The van der Waals surface area contributed by atoms with E-state index in [1.807, 2.05) is 19.1 Å². The van der Waals surface area contributed by atoms with Crippen LogP contribution in [0.25, 0.3) is 0 Å². The summed E-state index contributed by atoms with van der Waals surface area (Å²) in [6, 6.07) is 3.22. The Labute approximate surface area is 119 Å². The third-order valence-corrected chi connectivity index (χ3v) is 2.78. The number of urea groups is 1. The first-order chi connectivity index (χ1) is 9.67. The molecule has 0 aliphatic heterocycles. The van der Waals surface area contributed by atoms with Gasteiger partial charge in [0.1, 0.15) is 5.82 Å². The van der Waals surface area contributed by atoms with Gasteiger partial charge < -0.3 is 11.1 Å². The number of guanidine groups is 1. The van der Waals surface area contributed by atoms with Crippen molar-refractivity contribution in [1.82, 2.24) is 10.3 Å². The Hall–Kier alpha value is -2.11. The lowest BCUT2D eigenvalue weighted by atomic mass is 10.2. The van der Waals surface area contributed by atoms with Gasteiger partial charge in [0, 0.05) is 12.7 Å². The summed E-state index contributed by atoms with van der Waals surface area (Å²) >= 11 is 0. The number of unbranched alkanes of at least 4 members (excludes halogenated alkanes) is 2. The van der Waals surface area contributed by atoms with E-state index in [2.05, 4.69) is 27.5 Å². The van der Waals surface area contributed by atoms with Crippen LogP contribution in [0.3, 0.4) is 0 Å². The van der Waals surface area contributed by atoms with Crippen molar-refractivity contribution in [2.75, 3.05) is 11.9 Å². The van der Waals surface area contributed by atoms with Crippen molar-refractivity contribution in [3.63, 3.8) is 0 Å². The highest BCUT2D eigenvalue weighted by Gasteiger charge is 2.06. The Morgan fingerprint density at radius 2 is 2.20 bits per heavy atom. The molecule has 0 aromatic carbocycles. The fourth-order valence-corrected chi connectivity index (χ4v) is 1.73. The zero-order chi connectivity index (χ0) is 14.8. The molecule has 0 saturated carbocycles. The maximum Gasteiger partial charge on any atom is 0.318 e. The highest BCUT2D eigenvalue weighted by molar-refractivity contribution is 6.03. The number of hydrogen-bond donors (Lipinski definition) is 3. The first-order valence-corrected chi connectivity index (χ1v) is 6.99. The lowest BCUT2D eigenvalue weighted by molar-refractivity contribution is 0.253. The first kappa shape index (κ1) is 15.9. The van der Waals surface area contributed by atoms with Gasteiger partial charge in [0.25, 0.3) is 0 Å². The average Bonchev–Trinajstić information content (AvgIpc) is 2.43. The second-order valence-electron chi connectivity index (χ2n) is 4.42. The summed E-state index contributed by atoms with van der Waals surface area (Å²) in [4.78, 5) is 19.6. The van der Waals surface area contributed by atoms with Gasteiger partial charge in [-0.3, -0.25) is 10.3 Å². The summed E-state index contributed by atoms with van der Waals surface area (Å²) < 4.78 is 0. The van der Waals surface area contributed by atoms with Crippen LogP contribution in [0.5, 0.6) is 0 Å². The Morgan fingerprint density at radius 1 is 1.40 bits per heavy atom. The van der Waals surface area contributed by atoms with Gasteiger partial charge in [0.15, 0.2) is 0 Å². The fraction of sp³-hybridized carbons (Fsp3) is 0.500. The van der Waals surface area contributed by atoms with Gasteiger partial charge in [-0.2, -0.15) is 0 Å². The average molecular weight is 277 g/mol. The van der Waals surface area contributed by atoms with Crippen molar-refractivity contribution in [1.29, 1.82) is 0 Å². The Kier molecular flexibility index (Phi) is 7.10. The van der Waals surface area contributed by atoms with Crippen molar-refractivity contribution >= 4 is 17.8 Å². The summed E-state index contributed by atoms with van der Waals surface area (Å²) in [7, 11) is 0. The van der Waals surface area contributed by atoms with E-state index in [1.165, 1.54) is 0 Å². The van der Waals surface area contributed by atoms with Gasteiger partial charge in [-0.15, -0.1) is 0 Å². The van der Waals surface area contributed by atoms with E-state index in [1.54, 1.807) is 6.20 Å². The number of carbonyl (C=O) groups is 1. The zero-order valence-electron chi connectivity index (χ0n) is 12.1. The van der Waals surface area contributed by atoms with Gasteiger partial charge in [0.2, 0.25) is 5.96 Å². The van der Waals surface area contributed by atoms with E-state index in [-0.39, 0.29) is 0 Å². The van der Waals surface area contributed by atoms with Crippen LogP contribution in [0.1, 0.15) is 38.7 Å². The topological polar surface area (TPSA) is 92.4 Å². The van der Waals surface area contributed by atoms with Crippen molar-refractivity contribution in [2.24, 2.45) is 10.7 Å². The van der Waals surface area contributed by atoms with Crippen LogP contribution in [0.15, 0.2) is 23.3 Å². The molecule has 1 rings (SSSR count). The molecule has 1 heterocycles. The number of nitrogens with two attached hydrogens (primary N) is 1. The third-order valence-electron chi connectivity index (χ3n) is 2.78. The smallest absolute Gasteiger partial charge is 0.318 e. The molecule has 1 aromatic rings. The van der Waals surface area contributed by atoms with Crippen LogP contribution in [-0.2, 0) is 6.42 Å². The molecule has 0 aliphatic rings. The summed E-state index contributed by atoms with van der Waals surface area (Å²) in [5.41, 5.74) is 6.21. The summed E-state index contributed by atoms with van der Waals surface area (Å²) in [6.07, 6.45) is 5.75. The number of nitrogens with one attached hydrogen (secondary N) is 2. The molecule has 0 spiro atoms. The number of aryl methyl sites for hydroxylation is 1. The number of aliphatic imine (C=N–C) groups is 1. The maximum absolute atomic E-state index is 11.0. The fourth-order valence-electron chi connectivity index (χ4n) is 1.73. The highest BCUT2D eigenvalue weighted by atomic mass is 16.2. The minimum absolute atomic E-state index is 0.349. The van der Waals surface area contributed by atoms with Crippen LogP contribution in [0, 0.1) is 0 Å². The second kappa shape index (κ2) is 8.90. The minimum Gasteiger partial charge on any atom is -0.351 e. The van der Waals surface area contributed by atoms with Gasteiger partial charge in [-0.1, -0.05) is 32.8 Å². The van der Waals surface area contributed by atoms with Crippen LogP contribution >= 0.6 is 0 Å². The van der Waals surface area contributed by atoms with E-state index in [0.717, 1.165) is 31.2 Å². The van der Waals surface area contributed by atoms with E-state index in [9.17, 15) is 4.79 Å². The molecular formula is C14H23N5O. The van der Waals surface area contributed by atoms with Crippen molar-refractivity contribution in [3.05, 3.63) is 23.9 Å². The predicted octanol–water partition coefficient (Wildman–Crippen LogP) is 2.27. The van der Waals surface area contributed by atoms with Crippen LogP contribution in [0.4, 0.5) is 10.6 Å². The zero-order valence-corrected chi connectivity index (χ0v) is 12.1. The molecular weight excluding hydrogens is 254 g/mol. The van der Waals surface area contributed by atoms with E-state index in [0.29, 0.717) is 18.3 Å². The molecule has 4 N–H and O–H groups in total. The van der Waals surface area contributed by atoms with E-state index >= 15 is 0 Å². The molecule has 0 radical (unpaired) electrons. The molecule has 0 atom stereocenters. The molecule has 0 saturated heterocycles. The Morgan fingerprint density at radius 3 is 2.85 bits per heavy atom. The standard InChI is InChI=1S/C14H23N5O/c1-3-5-6-9-17-14(19-13(15)20)18-12-11(4-2)8-7-10-16-12/h7-8,10H,3-6,9H2,1-2H3,(H4,15,16,17,18,19,20). The normalized spacial score (nSPS) is 11.2. The number of nitrogens with zero attached hydrogens (tertiary/aromatic N) is 2. The van der Waals surface area contributed by atoms with Crippen molar-refractivity contribution in [2.45, 2.75) is 39.5 Å². The largest absolute Gasteiger partial charge is 0.351 e. The molecule has 2 amide bonds. The number of anilines is 1. The van der Waals surface area contributed by atoms with Crippen LogP contribution in [0.2, 0.25) is 0 Å². The summed E-state index contributed by atoms with van der Waals surface area (Å²) in [5, 5.41) is 5.53. The molecule has 0 aliphatic carbocycles. The molecule has 1 aromatic heterocycles. The molecule has 0 unspecified atom stereocenters. The van der Waals surface area contributed by atoms with Gasteiger partial charge in [0.05, 0.1) is 0 Å². The lowest BCUT2D eigenvalue weighted by Gasteiger charge is -2.12. The number of pyridine rings is 1. The van der Waals surface area contributed by atoms with Gasteiger partial charge >= 0.3 is 6.03 Å². The molecule has 0 fully saturated rings. The molecule has 20 heavy (non-hydrogen) atoms. The number of rotatable bonds is 6. The van der Waals surface area contributed by atoms with Crippen LogP contribution < -0.4 is 16.4 Å². The van der Waals surface area contributed by atoms with E-state index < -0.39 is 6.03 Å². The van der Waals surface area contributed by atoms with Gasteiger partial charge in [-0.25, -0.2) is 9.78 Å². The SMILES string of the molecule is CCCCCN=C(NC(N)=O)Nc1ncccc1CC. The number of hydrogen-bond acceptors (Lipinski definition) is 3. The van der Waals surface area contributed by atoms with E-state index in [4.69, 9.17) is 5.73 Å². The quantitative estimate of drug-likeness (QED) is 0.423. The van der Waals surface area contributed by atoms with Crippen molar-refractivity contribution in [3.8, 4) is 0 Å². The molecule has 6 heteroatoms. The number of aromatic nitrogens is 1. The van der Waals surface area contributed by atoms with Crippen LogP contribution in [-0.4, -0.2) is 23.5 Å². The number of carbonyl (C=O) groups excluding carboxylic acids is 1. The Balaban J connectivity index is 2.75. The minimum atomic E-state index is -0.638. The first-order valence-electron chi connectivity index (χ1n) is 6.99. The molecule has 0 bridgehead atoms. The highest BCUT2D eigenvalue weighted by Crippen LogP contribution is 2.11. The van der Waals surface area contributed by atoms with Crippen molar-refractivity contribution < 1.29 is 4.79 Å². The van der Waals surface area contributed by atoms with Gasteiger partial charge in [-0.05, 0) is 24.5 Å². The molecule has 6 nitrogen and oxygen atoms in total. The maximum atomic E-state index is 11.0. The second-order valence-corrected chi connectivity index (χ2v) is 4.42.